The Bertz CT molecular complexity index is 919. The van der Waals surface area contributed by atoms with Gasteiger partial charge in [0.1, 0.15) is 18.1 Å². The number of carboxylic acids is 2. The molecule has 194 valence electrons. The zero-order valence-electron chi connectivity index (χ0n) is 19.3. The van der Waals surface area contributed by atoms with Gasteiger partial charge in [0.25, 0.3) is 0 Å². The maximum atomic E-state index is 13.0. The number of rotatable bonds is 15. The molecule has 4 atom stereocenters. The van der Waals surface area contributed by atoms with E-state index in [1.54, 1.807) is 13.8 Å². The third-order valence-corrected chi connectivity index (χ3v) is 4.94. The van der Waals surface area contributed by atoms with E-state index in [1.807, 2.05) is 5.32 Å². The van der Waals surface area contributed by atoms with Gasteiger partial charge in [-0.3, -0.25) is 24.0 Å². The number of imidazole rings is 1. The second-order valence-corrected chi connectivity index (χ2v) is 8.18. The maximum Gasteiger partial charge on any atom is 0.326 e. The minimum absolute atomic E-state index is 0.0523. The summed E-state index contributed by atoms with van der Waals surface area (Å²) in [5, 5.41) is 24.9. The zero-order valence-corrected chi connectivity index (χ0v) is 19.3. The highest BCUT2D eigenvalue weighted by atomic mass is 16.4. The van der Waals surface area contributed by atoms with Crippen LogP contribution in [0.2, 0.25) is 0 Å². The summed E-state index contributed by atoms with van der Waals surface area (Å²) in [6.07, 6.45) is 1.18. The summed E-state index contributed by atoms with van der Waals surface area (Å²) in [4.78, 5) is 78.3. The molecule has 0 aromatic carbocycles. The molecule has 15 nitrogen and oxygen atoms in total. The number of H-pyrrole nitrogens is 1. The van der Waals surface area contributed by atoms with Crippen molar-refractivity contribution in [3.63, 3.8) is 0 Å². The van der Waals surface area contributed by atoms with Gasteiger partial charge in [-0.15, -0.1) is 0 Å². The van der Waals surface area contributed by atoms with Crippen LogP contribution in [0, 0.1) is 5.92 Å². The lowest BCUT2D eigenvalue weighted by Crippen LogP contribution is -2.58. The molecule has 0 aliphatic rings. The van der Waals surface area contributed by atoms with Crippen LogP contribution < -0.4 is 27.4 Å². The summed E-state index contributed by atoms with van der Waals surface area (Å²) in [6.45, 7) is 3.43. The number of nitrogens with one attached hydrogen (secondary N) is 4. The highest BCUT2D eigenvalue weighted by molar-refractivity contribution is 5.95. The summed E-state index contributed by atoms with van der Waals surface area (Å²) in [5.74, 6) is -6.60. The summed E-state index contributed by atoms with van der Waals surface area (Å²) < 4.78 is 0. The van der Waals surface area contributed by atoms with Crippen molar-refractivity contribution < 1.29 is 39.0 Å². The number of aromatic nitrogens is 2. The third kappa shape index (κ3) is 10.2. The van der Waals surface area contributed by atoms with Crippen molar-refractivity contribution >= 4 is 35.6 Å². The Labute approximate surface area is 200 Å². The fraction of sp³-hybridized carbons (Fsp3) is 0.550. The van der Waals surface area contributed by atoms with Crippen LogP contribution in [-0.4, -0.2) is 79.9 Å². The summed E-state index contributed by atoms with van der Waals surface area (Å²) >= 11 is 0. The number of carbonyl (C=O) groups is 6. The molecule has 0 aliphatic heterocycles. The number of carboxylic acid groups (broad SMARTS) is 2. The lowest BCUT2D eigenvalue weighted by atomic mass is 10.0. The van der Waals surface area contributed by atoms with Gasteiger partial charge in [-0.1, -0.05) is 13.8 Å². The monoisotopic (exact) mass is 497 g/mol. The molecule has 4 unspecified atom stereocenters. The molecule has 4 amide bonds. The van der Waals surface area contributed by atoms with Crippen LogP contribution >= 0.6 is 0 Å². The quantitative estimate of drug-likeness (QED) is 0.123. The number of aromatic amines is 1. The number of nitrogens with zero attached hydrogens (tertiary/aromatic N) is 1. The number of nitrogens with two attached hydrogens (primary N) is 2. The topological polar surface area (TPSA) is 260 Å². The van der Waals surface area contributed by atoms with Gasteiger partial charge in [0.2, 0.25) is 23.6 Å². The van der Waals surface area contributed by atoms with Gasteiger partial charge in [-0.2, -0.15) is 0 Å². The van der Waals surface area contributed by atoms with Crippen LogP contribution in [0.1, 0.15) is 38.8 Å². The largest absolute Gasteiger partial charge is 0.481 e. The molecule has 35 heavy (non-hydrogen) atoms. The van der Waals surface area contributed by atoms with Crippen LogP contribution in [-0.2, 0) is 35.2 Å². The SMILES string of the molecule is CC(C)C(N)C(=O)NC(Cc1cnc[nH]1)C(=O)NC(CCC(N)=O)C(=O)NC(CC(=O)O)C(=O)O. The van der Waals surface area contributed by atoms with E-state index < -0.39 is 66.2 Å². The Hall–Kier alpha value is -4.01. The van der Waals surface area contributed by atoms with E-state index >= 15 is 0 Å². The first-order chi connectivity index (χ1) is 16.3. The summed E-state index contributed by atoms with van der Waals surface area (Å²) in [6, 6.07) is -5.37. The molecule has 0 spiro atoms. The van der Waals surface area contributed by atoms with E-state index in [2.05, 4.69) is 20.6 Å². The molecule has 0 saturated heterocycles. The number of hydrogen-bond donors (Lipinski definition) is 8. The Balaban J connectivity index is 3.09. The Morgan fingerprint density at radius 2 is 1.54 bits per heavy atom. The molecule has 10 N–H and O–H groups in total. The minimum atomic E-state index is -1.78. The van der Waals surface area contributed by atoms with E-state index in [4.69, 9.17) is 16.6 Å². The van der Waals surface area contributed by atoms with Crippen molar-refractivity contribution in [2.45, 2.75) is 63.7 Å². The van der Waals surface area contributed by atoms with Crippen LogP contribution in [0.3, 0.4) is 0 Å². The van der Waals surface area contributed by atoms with E-state index in [0.29, 0.717) is 5.69 Å². The molecule has 0 radical (unpaired) electrons. The Morgan fingerprint density at radius 3 is 2.03 bits per heavy atom. The van der Waals surface area contributed by atoms with Gasteiger partial charge in [0.05, 0.1) is 18.8 Å². The highest BCUT2D eigenvalue weighted by Crippen LogP contribution is 2.06. The first-order valence-electron chi connectivity index (χ1n) is 10.7. The minimum Gasteiger partial charge on any atom is -0.481 e. The van der Waals surface area contributed by atoms with E-state index in [9.17, 15) is 33.9 Å². The number of hydrogen-bond acceptors (Lipinski definition) is 8. The van der Waals surface area contributed by atoms with Gasteiger partial charge in [-0.05, 0) is 12.3 Å². The molecule has 15 heteroatoms. The molecule has 0 aliphatic carbocycles. The van der Waals surface area contributed by atoms with Crippen molar-refractivity contribution in [3.8, 4) is 0 Å². The molecule has 1 rings (SSSR count). The molecule has 1 aromatic heterocycles. The van der Waals surface area contributed by atoms with Crippen molar-refractivity contribution in [2.24, 2.45) is 17.4 Å². The standard InChI is InChI=1S/C20H31N7O8/c1-9(2)16(22)19(33)26-12(5-10-7-23-8-24-10)18(32)25-11(3-4-14(21)28)17(31)27-13(20(34)35)6-15(29)30/h7-9,11-13,16H,3-6,22H2,1-2H3,(H2,21,28)(H,23,24)(H,25,32)(H,26,33)(H,27,31)(H,29,30)(H,34,35). The average Bonchev–Trinajstić information content (AvgIpc) is 3.27. The second-order valence-electron chi connectivity index (χ2n) is 8.18. The second kappa shape index (κ2) is 13.6. The smallest absolute Gasteiger partial charge is 0.326 e. The average molecular weight is 498 g/mol. The first-order valence-corrected chi connectivity index (χ1v) is 10.7. The zero-order chi connectivity index (χ0) is 26.7. The van der Waals surface area contributed by atoms with Crippen LogP contribution in [0.25, 0.3) is 0 Å². The number of primary amides is 1. The fourth-order valence-corrected chi connectivity index (χ4v) is 2.87. The molecular formula is C20H31N7O8. The first kappa shape index (κ1) is 29.0. The van der Waals surface area contributed by atoms with Crippen LogP contribution in [0.5, 0.6) is 0 Å². The molecule has 0 bridgehead atoms. The molecule has 1 aromatic rings. The van der Waals surface area contributed by atoms with Crippen molar-refractivity contribution in [1.82, 2.24) is 25.9 Å². The van der Waals surface area contributed by atoms with Crippen LogP contribution in [0.4, 0.5) is 0 Å². The number of carbonyl (C=O) groups excluding carboxylic acids is 4. The summed E-state index contributed by atoms with van der Waals surface area (Å²) in [7, 11) is 0. The Morgan fingerprint density at radius 1 is 0.971 bits per heavy atom. The van der Waals surface area contributed by atoms with Gasteiger partial charge in [0, 0.05) is 24.7 Å². The van der Waals surface area contributed by atoms with Crippen LogP contribution in [0.15, 0.2) is 12.5 Å². The lowest BCUT2D eigenvalue weighted by Gasteiger charge is -2.25. The fourth-order valence-electron chi connectivity index (χ4n) is 2.87. The van der Waals surface area contributed by atoms with Crippen molar-refractivity contribution in [1.29, 1.82) is 0 Å². The van der Waals surface area contributed by atoms with Crippen molar-refractivity contribution in [3.05, 3.63) is 18.2 Å². The lowest BCUT2D eigenvalue weighted by molar-refractivity contribution is -0.147. The molecule has 0 fully saturated rings. The highest BCUT2D eigenvalue weighted by Gasteiger charge is 2.32. The Kier molecular flexibility index (Phi) is 11.3. The van der Waals surface area contributed by atoms with E-state index in [-0.39, 0.29) is 25.2 Å². The van der Waals surface area contributed by atoms with Crippen molar-refractivity contribution in [2.75, 3.05) is 0 Å². The van der Waals surface area contributed by atoms with Gasteiger partial charge in [0.15, 0.2) is 0 Å². The maximum absolute atomic E-state index is 13.0. The van der Waals surface area contributed by atoms with E-state index in [0.717, 1.165) is 0 Å². The predicted molar refractivity (Wildman–Crippen MR) is 119 cm³/mol. The van der Waals surface area contributed by atoms with Gasteiger partial charge in [-0.25, -0.2) is 9.78 Å². The van der Waals surface area contributed by atoms with Gasteiger partial charge < -0.3 is 42.6 Å². The molecule has 0 saturated carbocycles. The predicted octanol–water partition coefficient (Wildman–Crippen LogP) is -2.79. The number of amides is 4. The third-order valence-electron chi connectivity index (χ3n) is 4.94. The summed E-state index contributed by atoms with van der Waals surface area (Å²) in [5.41, 5.74) is 11.5. The number of aliphatic carboxylic acids is 2. The van der Waals surface area contributed by atoms with E-state index in [1.165, 1.54) is 12.5 Å². The molecule has 1 heterocycles. The van der Waals surface area contributed by atoms with Gasteiger partial charge >= 0.3 is 11.9 Å². The molecular weight excluding hydrogens is 466 g/mol. The normalized spacial score (nSPS) is 14.3.